The van der Waals surface area contributed by atoms with Gasteiger partial charge in [-0.05, 0) is 18.2 Å². The van der Waals surface area contributed by atoms with Gasteiger partial charge in [0.1, 0.15) is 0 Å². The maximum atomic E-state index is 12.1. The third-order valence-electron chi connectivity index (χ3n) is 2.54. The highest BCUT2D eigenvalue weighted by Crippen LogP contribution is 2.21. The molecule has 0 aliphatic heterocycles. The third-order valence-corrected chi connectivity index (χ3v) is 3.46. The molecule has 1 aromatic heterocycles. The molecule has 0 bridgehead atoms. The van der Waals surface area contributed by atoms with E-state index in [-0.39, 0.29) is 5.91 Å². The van der Waals surface area contributed by atoms with Crippen molar-refractivity contribution >= 4 is 43.5 Å². The van der Waals surface area contributed by atoms with E-state index >= 15 is 0 Å². The van der Waals surface area contributed by atoms with E-state index in [4.69, 9.17) is 4.74 Å². The Morgan fingerprint density at radius 1 is 1.35 bits per heavy atom. The van der Waals surface area contributed by atoms with E-state index in [1.54, 1.807) is 36.3 Å². The minimum Gasteiger partial charge on any atom is -0.383 e. The molecule has 1 amide bonds. The molecule has 0 radical (unpaired) electrons. The topological polar surface area (TPSA) is 56.1 Å². The molecule has 2 aromatic rings. The Balaban J connectivity index is 2.05. The second-order valence-electron chi connectivity index (χ2n) is 4.10. The van der Waals surface area contributed by atoms with Gasteiger partial charge < -0.3 is 10.1 Å². The number of anilines is 1. The Morgan fingerprint density at radius 3 is 2.70 bits per heavy atom. The Kier molecular flexibility index (Phi) is 5.33. The van der Waals surface area contributed by atoms with Crippen molar-refractivity contribution in [2.24, 2.45) is 0 Å². The van der Waals surface area contributed by atoms with E-state index in [9.17, 15) is 4.79 Å². The molecule has 1 aromatic carbocycles. The number of nitrogens with one attached hydrogen (secondary N) is 1. The molecule has 0 spiro atoms. The van der Waals surface area contributed by atoms with E-state index < -0.39 is 0 Å². The van der Waals surface area contributed by atoms with Crippen molar-refractivity contribution in [3.63, 3.8) is 0 Å². The molecule has 0 saturated heterocycles. The highest BCUT2D eigenvalue weighted by Gasteiger charge is 2.09. The van der Waals surface area contributed by atoms with Crippen LogP contribution in [-0.2, 0) is 11.3 Å². The summed E-state index contributed by atoms with van der Waals surface area (Å²) in [6, 6.07) is 5.39. The van der Waals surface area contributed by atoms with Gasteiger partial charge in [0.15, 0.2) is 0 Å². The second kappa shape index (κ2) is 7.01. The minimum absolute atomic E-state index is 0.182. The molecule has 106 valence electrons. The van der Waals surface area contributed by atoms with Gasteiger partial charge in [-0.3, -0.25) is 9.48 Å². The van der Waals surface area contributed by atoms with Crippen molar-refractivity contribution in [2.45, 2.75) is 6.54 Å². The van der Waals surface area contributed by atoms with Crippen LogP contribution in [0.2, 0.25) is 0 Å². The zero-order chi connectivity index (χ0) is 14.5. The summed E-state index contributed by atoms with van der Waals surface area (Å²) in [5.41, 5.74) is 1.22. The van der Waals surface area contributed by atoms with Gasteiger partial charge in [0.2, 0.25) is 0 Å². The summed E-state index contributed by atoms with van der Waals surface area (Å²) >= 11 is 6.72. The smallest absolute Gasteiger partial charge is 0.255 e. The van der Waals surface area contributed by atoms with Crippen LogP contribution >= 0.6 is 31.9 Å². The first kappa shape index (κ1) is 15.2. The number of methoxy groups -OCH3 is 1. The van der Waals surface area contributed by atoms with E-state index in [1.165, 1.54) is 0 Å². The number of ether oxygens (including phenoxy) is 1. The van der Waals surface area contributed by atoms with Crippen molar-refractivity contribution in [1.29, 1.82) is 0 Å². The molecule has 0 aliphatic rings. The van der Waals surface area contributed by atoms with Gasteiger partial charge in [0.25, 0.3) is 5.91 Å². The fourth-order valence-electron chi connectivity index (χ4n) is 1.62. The zero-order valence-corrected chi connectivity index (χ0v) is 13.9. The Bertz CT molecular complexity index is 593. The molecule has 2 rings (SSSR count). The van der Waals surface area contributed by atoms with E-state index in [0.29, 0.717) is 24.4 Å². The fourth-order valence-corrected chi connectivity index (χ4v) is 2.92. The number of nitrogens with zero attached hydrogens (tertiary/aromatic N) is 2. The predicted molar refractivity (Wildman–Crippen MR) is 83.9 cm³/mol. The number of carbonyl (C=O) groups excluding carboxylic acids is 1. The van der Waals surface area contributed by atoms with Crippen LogP contribution in [0.5, 0.6) is 0 Å². The first-order valence-corrected chi connectivity index (χ1v) is 7.46. The molecule has 1 heterocycles. The zero-order valence-electron chi connectivity index (χ0n) is 10.8. The molecular weight excluding hydrogens is 390 g/mol. The van der Waals surface area contributed by atoms with Gasteiger partial charge in [-0.2, -0.15) is 5.10 Å². The van der Waals surface area contributed by atoms with Crippen molar-refractivity contribution < 1.29 is 9.53 Å². The summed E-state index contributed by atoms with van der Waals surface area (Å²) in [6.45, 7) is 1.22. The van der Waals surface area contributed by atoms with E-state index in [0.717, 1.165) is 8.95 Å². The van der Waals surface area contributed by atoms with Gasteiger partial charge in [-0.1, -0.05) is 31.9 Å². The molecule has 7 heteroatoms. The molecule has 0 saturated carbocycles. The average molecular weight is 403 g/mol. The minimum atomic E-state index is -0.182. The molecule has 0 unspecified atom stereocenters. The lowest BCUT2D eigenvalue weighted by molar-refractivity contribution is 0.102. The lowest BCUT2D eigenvalue weighted by Gasteiger charge is -2.04. The normalized spacial score (nSPS) is 10.6. The van der Waals surface area contributed by atoms with E-state index in [2.05, 4.69) is 42.3 Å². The number of hydrogen-bond donors (Lipinski definition) is 1. The molecule has 0 aliphatic carbocycles. The largest absolute Gasteiger partial charge is 0.383 e. The third kappa shape index (κ3) is 4.16. The summed E-state index contributed by atoms with van der Waals surface area (Å²) in [5.74, 6) is -0.182. The predicted octanol–water partition coefficient (Wildman–Crippen LogP) is 3.31. The molecule has 5 nitrogen and oxygen atoms in total. The highest BCUT2D eigenvalue weighted by atomic mass is 79.9. The Hall–Kier alpha value is -1.18. The molecule has 1 N–H and O–H groups in total. The number of rotatable bonds is 5. The number of benzene rings is 1. The first-order valence-electron chi connectivity index (χ1n) is 5.87. The molecule has 20 heavy (non-hydrogen) atoms. The van der Waals surface area contributed by atoms with Crippen LogP contribution in [-0.4, -0.2) is 29.4 Å². The number of hydrogen-bond acceptors (Lipinski definition) is 3. The summed E-state index contributed by atoms with van der Waals surface area (Å²) in [5, 5.41) is 6.94. The second-order valence-corrected chi connectivity index (χ2v) is 5.93. The van der Waals surface area contributed by atoms with Crippen molar-refractivity contribution in [1.82, 2.24) is 9.78 Å². The number of halogens is 2. The average Bonchev–Trinajstić information content (AvgIpc) is 2.82. The van der Waals surface area contributed by atoms with Crippen LogP contribution in [0.4, 0.5) is 5.69 Å². The Labute approximate surface area is 133 Å². The summed E-state index contributed by atoms with van der Waals surface area (Å²) in [4.78, 5) is 12.1. The van der Waals surface area contributed by atoms with Crippen LogP contribution in [0.25, 0.3) is 0 Å². The quantitative estimate of drug-likeness (QED) is 0.834. The maximum absolute atomic E-state index is 12.1. The van der Waals surface area contributed by atoms with Gasteiger partial charge >= 0.3 is 0 Å². The number of aromatic nitrogens is 2. The monoisotopic (exact) mass is 401 g/mol. The fraction of sp³-hybridized carbons (Fsp3) is 0.231. The van der Waals surface area contributed by atoms with Crippen molar-refractivity contribution in [2.75, 3.05) is 19.0 Å². The van der Waals surface area contributed by atoms with Crippen molar-refractivity contribution in [3.05, 3.63) is 45.1 Å². The van der Waals surface area contributed by atoms with Gasteiger partial charge in [0, 0.05) is 27.8 Å². The van der Waals surface area contributed by atoms with Crippen LogP contribution in [0.1, 0.15) is 10.4 Å². The van der Waals surface area contributed by atoms with Crippen LogP contribution < -0.4 is 5.32 Å². The van der Waals surface area contributed by atoms with Crippen LogP contribution in [0, 0.1) is 0 Å². The highest BCUT2D eigenvalue weighted by molar-refractivity contribution is 9.11. The lowest BCUT2D eigenvalue weighted by atomic mass is 10.2. The van der Waals surface area contributed by atoms with Gasteiger partial charge in [0.05, 0.1) is 25.0 Å². The van der Waals surface area contributed by atoms with Gasteiger partial charge in [-0.25, -0.2) is 0 Å². The van der Waals surface area contributed by atoms with Crippen LogP contribution in [0.15, 0.2) is 39.5 Å². The Morgan fingerprint density at radius 2 is 2.05 bits per heavy atom. The lowest BCUT2D eigenvalue weighted by Crippen LogP contribution is -2.11. The van der Waals surface area contributed by atoms with E-state index in [1.807, 2.05) is 6.07 Å². The summed E-state index contributed by atoms with van der Waals surface area (Å²) in [7, 11) is 1.64. The standard InChI is InChI=1S/C13H13Br2N3O2/c1-20-3-2-18-8-12(7-16-18)17-13(19)9-4-10(14)6-11(15)5-9/h4-8H,2-3H2,1H3,(H,17,19). The van der Waals surface area contributed by atoms with Gasteiger partial charge in [-0.15, -0.1) is 0 Å². The molecule has 0 fully saturated rings. The first-order chi connectivity index (χ1) is 9.58. The van der Waals surface area contributed by atoms with Crippen molar-refractivity contribution in [3.8, 4) is 0 Å². The summed E-state index contributed by atoms with van der Waals surface area (Å²) < 4.78 is 8.37. The van der Waals surface area contributed by atoms with Crippen LogP contribution in [0.3, 0.4) is 0 Å². The molecular formula is C13H13Br2N3O2. The molecule has 0 atom stereocenters. The SMILES string of the molecule is COCCn1cc(NC(=O)c2cc(Br)cc(Br)c2)cn1. The number of carbonyl (C=O) groups is 1. The maximum Gasteiger partial charge on any atom is 0.255 e. The number of amides is 1. The summed E-state index contributed by atoms with van der Waals surface area (Å²) in [6.07, 6.45) is 3.38.